The van der Waals surface area contributed by atoms with Crippen LogP contribution in [0, 0.1) is 5.82 Å². The number of rotatable bonds is 4. The number of nitrogens with one attached hydrogen (secondary N) is 1. The first-order chi connectivity index (χ1) is 11.6. The van der Waals surface area contributed by atoms with Crippen molar-refractivity contribution in [2.24, 2.45) is 7.05 Å². The summed E-state index contributed by atoms with van der Waals surface area (Å²) in [7, 11) is 1.58. The number of alkyl carbamates (subject to hydrolysis) is 1. The van der Waals surface area contributed by atoms with Crippen molar-refractivity contribution in [1.29, 1.82) is 0 Å². The van der Waals surface area contributed by atoms with E-state index < -0.39 is 30.0 Å². The summed E-state index contributed by atoms with van der Waals surface area (Å²) in [6.45, 7) is 4.92. The molecule has 136 valence electrons. The first-order valence-corrected chi connectivity index (χ1v) is 7.64. The quantitative estimate of drug-likeness (QED) is 0.900. The van der Waals surface area contributed by atoms with Gasteiger partial charge in [0.1, 0.15) is 17.3 Å². The Morgan fingerprint density at radius 1 is 1.24 bits per heavy atom. The molecule has 2 aromatic rings. The van der Waals surface area contributed by atoms with Crippen LogP contribution in [0.15, 0.2) is 30.5 Å². The van der Waals surface area contributed by atoms with E-state index in [1.54, 1.807) is 27.8 Å². The highest BCUT2D eigenvalue weighted by Gasteiger charge is 2.27. The minimum absolute atomic E-state index is 0.187. The van der Waals surface area contributed by atoms with Crippen LogP contribution in [0.4, 0.5) is 18.0 Å². The minimum atomic E-state index is -2.83. The molecule has 1 amide bonds. The fourth-order valence-corrected chi connectivity index (χ4v) is 2.31. The monoisotopic (exact) mass is 355 g/mol. The Hall–Kier alpha value is -2.51. The standard InChI is InChI=1S/C17H20F3N3O2/c1-17(2,3)25-16(24)22-13(15(19)20)10-5-7-11(8-6-10)14-12(18)9-21-23(14)4/h5-9,13,15H,1-4H3,(H,22,24)/t13-/m1/s1. The molecule has 1 aromatic heterocycles. The zero-order valence-corrected chi connectivity index (χ0v) is 14.4. The fourth-order valence-electron chi connectivity index (χ4n) is 2.31. The summed E-state index contributed by atoms with van der Waals surface area (Å²) in [6, 6.07) is 4.30. The maximum absolute atomic E-state index is 13.7. The molecule has 1 aromatic carbocycles. The van der Waals surface area contributed by atoms with Crippen molar-refractivity contribution in [3.8, 4) is 11.3 Å². The number of aromatic nitrogens is 2. The summed E-state index contributed by atoms with van der Waals surface area (Å²) in [5, 5.41) is 5.96. The number of halogens is 3. The normalized spacial score (nSPS) is 13.0. The Morgan fingerprint density at radius 2 is 1.84 bits per heavy atom. The van der Waals surface area contributed by atoms with Crippen LogP contribution in [0.2, 0.25) is 0 Å². The van der Waals surface area contributed by atoms with E-state index in [1.165, 1.54) is 28.9 Å². The molecule has 1 heterocycles. The van der Waals surface area contributed by atoms with Crippen LogP contribution in [0.3, 0.4) is 0 Å². The first-order valence-electron chi connectivity index (χ1n) is 7.64. The molecule has 0 aliphatic heterocycles. The van der Waals surface area contributed by atoms with Gasteiger partial charge in [-0.2, -0.15) is 5.10 Å². The second kappa shape index (κ2) is 7.16. The van der Waals surface area contributed by atoms with Gasteiger partial charge in [-0.3, -0.25) is 4.68 Å². The fraction of sp³-hybridized carbons (Fsp3) is 0.412. The van der Waals surface area contributed by atoms with Crippen molar-refractivity contribution in [3.05, 3.63) is 41.8 Å². The third-order valence-electron chi connectivity index (χ3n) is 3.36. The number of hydrogen-bond donors (Lipinski definition) is 1. The lowest BCUT2D eigenvalue weighted by molar-refractivity contribution is 0.0373. The molecule has 0 saturated heterocycles. The molecule has 0 fully saturated rings. The largest absolute Gasteiger partial charge is 0.444 e. The number of aryl methyl sites for hydroxylation is 1. The van der Waals surface area contributed by atoms with Crippen LogP contribution in [0.1, 0.15) is 32.4 Å². The molecule has 5 nitrogen and oxygen atoms in total. The van der Waals surface area contributed by atoms with Crippen LogP contribution < -0.4 is 5.32 Å². The summed E-state index contributed by atoms with van der Waals surface area (Å²) in [5.74, 6) is -0.507. The van der Waals surface area contributed by atoms with Gasteiger partial charge in [0.25, 0.3) is 6.43 Å². The number of nitrogens with zero attached hydrogens (tertiary/aromatic N) is 2. The summed E-state index contributed by atoms with van der Waals surface area (Å²) in [4.78, 5) is 11.8. The number of amides is 1. The highest BCUT2D eigenvalue weighted by molar-refractivity contribution is 5.68. The van der Waals surface area contributed by atoms with Gasteiger partial charge >= 0.3 is 6.09 Å². The number of benzene rings is 1. The van der Waals surface area contributed by atoms with Gasteiger partial charge in [-0.1, -0.05) is 24.3 Å². The number of hydrogen-bond acceptors (Lipinski definition) is 3. The van der Waals surface area contributed by atoms with E-state index in [1.807, 2.05) is 0 Å². The van der Waals surface area contributed by atoms with Crippen molar-refractivity contribution in [2.45, 2.75) is 38.8 Å². The maximum atomic E-state index is 13.7. The molecule has 0 spiro atoms. The average molecular weight is 355 g/mol. The van der Waals surface area contributed by atoms with Crippen LogP contribution >= 0.6 is 0 Å². The Labute approximate surface area is 143 Å². The zero-order valence-electron chi connectivity index (χ0n) is 14.4. The van der Waals surface area contributed by atoms with Gasteiger partial charge in [-0.05, 0) is 26.3 Å². The molecule has 1 N–H and O–H groups in total. The summed E-state index contributed by atoms with van der Waals surface area (Å²) in [5.41, 5.74) is 0.136. The van der Waals surface area contributed by atoms with E-state index >= 15 is 0 Å². The number of alkyl halides is 2. The molecule has 25 heavy (non-hydrogen) atoms. The van der Waals surface area contributed by atoms with Gasteiger partial charge < -0.3 is 10.1 Å². The van der Waals surface area contributed by atoms with Crippen molar-refractivity contribution < 1.29 is 22.7 Å². The molecule has 2 rings (SSSR count). The first kappa shape index (κ1) is 18.8. The Balaban J connectivity index is 2.21. The van der Waals surface area contributed by atoms with Crippen molar-refractivity contribution in [1.82, 2.24) is 15.1 Å². The predicted octanol–water partition coefficient (Wildman–Crippen LogP) is 4.06. The number of ether oxygens (including phenoxy) is 1. The number of carbonyl (C=O) groups excluding carboxylic acids is 1. The maximum Gasteiger partial charge on any atom is 0.408 e. The Bertz CT molecular complexity index is 717. The summed E-state index contributed by atoms with van der Waals surface area (Å²) < 4.78 is 46.8. The van der Waals surface area contributed by atoms with Gasteiger partial charge in [0.2, 0.25) is 0 Å². The zero-order chi connectivity index (χ0) is 18.8. The van der Waals surface area contributed by atoms with E-state index in [4.69, 9.17) is 4.74 Å². The van der Waals surface area contributed by atoms with Crippen molar-refractivity contribution in [2.75, 3.05) is 0 Å². The van der Waals surface area contributed by atoms with Gasteiger partial charge in [0.15, 0.2) is 5.82 Å². The molecule has 0 bridgehead atoms. The second-order valence-corrected chi connectivity index (χ2v) is 6.55. The molecule has 0 radical (unpaired) electrons. The van der Waals surface area contributed by atoms with E-state index in [0.29, 0.717) is 5.56 Å². The van der Waals surface area contributed by atoms with E-state index in [9.17, 15) is 18.0 Å². The topological polar surface area (TPSA) is 56.2 Å². The van der Waals surface area contributed by atoms with E-state index in [-0.39, 0.29) is 11.3 Å². The van der Waals surface area contributed by atoms with Gasteiger partial charge in [0.05, 0.1) is 6.20 Å². The van der Waals surface area contributed by atoms with E-state index in [2.05, 4.69) is 10.4 Å². The van der Waals surface area contributed by atoms with Crippen LogP contribution in [-0.4, -0.2) is 27.9 Å². The molecule has 8 heteroatoms. The van der Waals surface area contributed by atoms with E-state index in [0.717, 1.165) is 6.20 Å². The number of carbonyl (C=O) groups is 1. The predicted molar refractivity (Wildman–Crippen MR) is 86.7 cm³/mol. The Morgan fingerprint density at radius 3 is 2.28 bits per heavy atom. The summed E-state index contributed by atoms with van der Waals surface area (Å²) in [6.07, 6.45) is -2.68. The van der Waals surface area contributed by atoms with Crippen LogP contribution in [0.25, 0.3) is 11.3 Å². The average Bonchev–Trinajstić information content (AvgIpc) is 2.82. The molecule has 0 saturated carbocycles. The summed E-state index contributed by atoms with van der Waals surface area (Å²) >= 11 is 0. The molecule has 0 unspecified atom stereocenters. The van der Waals surface area contributed by atoms with Crippen LogP contribution in [0.5, 0.6) is 0 Å². The highest BCUT2D eigenvalue weighted by atomic mass is 19.3. The van der Waals surface area contributed by atoms with Crippen molar-refractivity contribution in [3.63, 3.8) is 0 Å². The smallest absolute Gasteiger partial charge is 0.408 e. The molecular formula is C17H20F3N3O2. The minimum Gasteiger partial charge on any atom is -0.444 e. The highest BCUT2D eigenvalue weighted by Crippen LogP contribution is 2.26. The molecule has 0 aliphatic carbocycles. The Kier molecular flexibility index (Phi) is 5.39. The molecule has 0 aliphatic rings. The second-order valence-electron chi connectivity index (χ2n) is 6.55. The SMILES string of the molecule is Cn1ncc(F)c1-c1ccc([C@@H](NC(=O)OC(C)(C)C)C(F)F)cc1. The molecule has 1 atom stereocenters. The van der Waals surface area contributed by atoms with Crippen LogP contribution in [-0.2, 0) is 11.8 Å². The third-order valence-corrected chi connectivity index (χ3v) is 3.36. The molecular weight excluding hydrogens is 335 g/mol. The van der Waals surface area contributed by atoms with Gasteiger partial charge in [-0.15, -0.1) is 0 Å². The van der Waals surface area contributed by atoms with Gasteiger partial charge in [0, 0.05) is 12.6 Å². The van der Waals surface area contributed by atoms with Gasteiger partial charge in [-0.25, -0.2) is 18.0 Å². The van der Waals surface area contributed by atoms with Crippen molar-refractivity contribution >= 4 is 6.09 Å². The lowest BCUT2D eigenvalue weighted by Crippen LogP contribution is -2.37. The third kappa shape index (κ3) is 4.74. The lowest BCUT2D eigenvalue weighted by Gasteiger charge is -2.23. The lowest BCUT2D eigenvalue weighted by atomic mass is 10.0.